The molecule has 3 N–H and O–H groups in total. The summed E-state index contributed by atoms with van der Waals surface area (Å²) in [6.45, 7) is 1.96. The van der Waals surface area contributed by atoms with Crippen molar-refractivity contribution in [1.82, 2.24) is 4.90 Å². The molecule has 0 spiro atoms. The third-order valence-corrected chi connectivity index (χ3v) is 3.83. The zero-order valence-electron chi connectivity index (χ0n) is 11.2. The number of piperidine rings is 1. The van der Waals surface area contributed by atoms with E-state index >= 15 is 0 Å². The summed E-state index contributed by atoms with van der Waals surface area (Å²) in [7, 11) is 0. The number of hydrogen-bond donors (Lipinski definition) is 3. The molecule has 0 aromatic heterocycles. The summed E-state index contributed by atoms with van der Waals surface area (Å²) in [6, 6.07) is 10.3. The molecule has 106 valence electrons. The van der Waals surface area contributed by atoms with E-state index in [0.717, 1.165) is 19.4 Å². The van der Waals surface area contributed by atoms with Crippen LogP contribution in [0.25, 0.3) is 0 Å². The Labute approximate surface area is 114 Å². The predicted octanol–water partition coefficient (Wildman–Crippen LogP) is 0.265. The molecule has 0 saturated carbocycles. The van der Waals surface area contributed by atoms with Crippen molar-refractivity contribution in [1.29, 1.82) is 0 Å². The second-order valence-corrected chi connectivity index (χ2v) is 5.35. The fourth-order valence-corrected chi connectivity index (χ4v) is 2.70. The largest absolute Gasteiger partial charge is 0.396 e. The molecule has 0 radical (unpaired) electrons. The lowest BCUT2D eigenvalue weighted by molar-refractivity contribution is -0.0860. The van der Waals surface area contributed by atoms with Crippen LogP contribution in [0.5, 0.6) is 0 Å². The molecule has 1 aromatic rings. The van der Waals surface area contributed by atoms with Gasteiger partial charge in [0.05, 0.1) is 12.2 Å². The highest BCUT2D eigenvalue weighted by Gasteiger charge is 2.33. The monoisotopic (exact) mass is 265 g/mol. The lowest BCUT2D eigenvalue weighted by Gasteiger charge is -2.38. The van der Waals surface area contributed by atoms with E-state index in [2.05, 4.69) is 17.0 Å². The van der Waals surface area contributed by atoms with Crippen LogP contribution in [0.2, 0.25) is 0 Å². The minimum absolute atomic E-state index is 0.0760. The summed E-state index contributed by atoms with van der Waals surface area (Å²) < 4.78 is 0. The van der Waals surface area contributed by atoms with Crippen LogP contribution in [0.1, 0.15) is 12.0 Å². The van der Waals surface area contributed by atoms with Crippen LogP contribution in [0, 0.1) is 5.92 Å². The van der Waals surface area contributed by atoms with Crippen LogP contribution < -0.4 is 0 Å². The second kappa shape index (κ2) is 7.01. The summed E-state index contributed by atoms with van der Waals surface area (Å²) in [4.78, 5) is 2.13. The standard InChI is InChI=1S/C15H23NO3/c17-11-13-9-16(10-14(18)15(13)19)8-4-7-12-5-2-1-3-6-12/h1-3,5-6,13-15,17-19H,4,7-11H2/t13-,14-,15-/m0/s1. The highest BCUT2D eigenvalue weighted by molar-refractivity contribution is 5.14. The zero-order chi connectivity index (χ0) is 13.7. The van der Waals surface area contributed by atoms with Gasteiger partial charge in [-0.2, -0.15) is 0 Å². The van der Waals surface area contributed by atoms with E-state index in [-0.39, 0.29) is 12.5 Å². The minimum Gasteiger partial charge on any atom is -0.396 e. The molecule has 1 aromatic carbocycles. The van der Waals surface area contributed by atoms with Gasteiger partial charge in [0.1, 0.15) is 0 Å². The van der Waals surface area contributed by atoms with E-state index in [1.54, 1.807) is 0 Å². The first-order valence-electron chi connectivity index (χ1n) is 6.94. The van der Waals surface area contributed by atoms with Gasteiger partial charge in [0.25, 0.3) is 0 Å². The Morgan fingerprint density at radius 1 is 1.11 bits per heavy atom. The van der Waals surface area contributed by atoms with Crippen molar-refractivity contribution < 1.29 is 15.3 Å². The number of hydrogen-bond acceptors (Lipinski definition) is 4. The SMILES string of the molecule is OC[C@@H]1CN(CCCc2ccccc2)C[C@H](O)[C@H]1O. The van der Waals surface area contributed by atoms with Crippen molar-refractivity contribution in [3.63, 3.8) is 0 Å². The first-order chi connectivity index (χ1) is 9.20. The molecular formula is C15H23NO3. The zero-order valence-corrected chi connectivity index (χ0v) is 11.2. The number of benzene rings is 1. The topological polar surface area (TPSA) is 63.9 Å². The van der Waals surface area contributed by atoms with Crippen molar-refractivity contribution in [2.75, 3.05) is 26.2 Å². The highest BCUT2D eigenvalue weighted by atomic mass is 16.3. The van der Waals surface area contributed by atoms with Crippen LogP contribution in [-0.4, -0.2) is 58.7 Å². The van der Waals surface area contributed by atoms with Gasteiger partial charge in [0, 0.05) is 25.6 Å². The molecule has 1 fully saturated rings. The average molecular weight is 265 g/mol. The maximum Gasteiger partial charge on any atom is 0.0929 e. The molecule has 1 aliphatic heterocycles. The third-order valence-electron chi connectivity index (χ3n) is 3.83. The van der Waals surface area contributed by atoms with Crippen molar-refractivity contribution >= 4 is 0 Å². The fraction of sp³-hybridized carbons (Fsp3) is 0.600. The van der Waals surface area contributed by atoms with Crippen LogP contribution >= 0.6 is 0 Å². The summed E-state index contributed by atoms with van der Waals surface area (Å²) in [5, 5.41) is 28.7. The van der Waals surface area contributed by atoms with Crippen molar-refractivity contribution in [3.05, 3.63) is 35.9 Å². The Balaban J connectivity index is 1.77. The molecule has 1 saturated heterocycles. The number of likely N-dealkylation sites (tertiary alicyclic amines) is 1. The normalized spacial score (nSPS) is 28.5. The van der Waals surface area contributed by atoms with Crippen molar-refractivity contribution in [3.8, 4) is 0 Å². The molecule has 1 heterocycles. The smallest absolute Gasteiger partial charge is 0.0929 e. The van der Waals surface area contributed by atoms with Crippen LogP contribution in [0.4, 0.5) is 0 Å². The molecule has 0 unspecified atom stereocenters. The predicted molar refractivity (Wildman–Crippen MR) is 73.8 cm³/mol. The first kappa shape index (κ1) is 14.5. The van der Waals surface area contributed by atoms with Crippen molar-refractivity contribution in [2.45, 2.75) is 25.0 Å². The van der Waals surface area contributed by atoms with E-state index in [1.807, 2.05) is 18.2 Å². The van der Waals surface area contributed by atoms with Gasteiger partial charge in [-0.15, -0.1) is 0 Å². The molecule has 0 amide bonds. The van der Waals surface area contributed by atoms with Gasteiger partial charge in [0.2, 0.25) is 0 Å². The Hall–Kier alpha value is -0.940. The van der Waals surface area contributed by atoms with Crippen LogP contribution in [-0.2, 0) is 6.42 Å². The minimum atomic E-state index is -0.796. The summed E-state index contributed by atoms with van der Waals surface area (Å²) in [5.74, 6) is -0.236. The summed E-state index contributed by atoms with van der Waals surface area (Å²) >= 11 is 0. The first-order valence-corrected chi connectivity index (χ1v) is 6.94. The Bertz CT molecular complexity index is 371. The van der Waals surface area contributed by atoms with E-state index < -0.39 is 12.2 Å². The van der Waals surface area contributed by atoms with E-state index in [9.17, 15) is 15.3 Å². The number of β-amino-alcohol motifs (C(OH)–C–C–N with tert-alkyl or cyclic N) is 1. The lowest BCUT2D eigenvalue weighted by Crippen LogP contribution is -2.53. The Kier molecular flexibility index (Phi) is 5.34. The molecule has 3 atom stereocenters. The summed E-state index contributed by atoms with van der Waals surface area (Å²) in [6.07, 6.45) is 0.489. The Morgan fingerprint density at radius 2 is 1.84 bits per heavy atom. The quantitative estimate of drug-likeness (QED) is 0.715. The molecule has 1 aliphatic rings. The molecule has 0 bridgehead atoms. The molecule has 4 heteroatoms. The van der Waals surface area contributed by atoms with Gasteiger partial charge in [-0.25, -0.2) is 0 Å². The van der Waals surface area contributed by atoms with Gasteiger partial charge in [-0.1, -0.05) is 30.3 Å². The highest BCUT2D eigenvalue weighted by Crippen LogP contribution is 2.18. The van der Waals surface area contributed by atoms with Gasteiger partial charge in [-0.05, 0) is 24.9 Å². The lowest BCUT2D eigenvalue weighted by atomic mass is 9.93. The van der Waals surface area contributed by atoms with Gasteiger partial charge in [0.15, 0.2) is 0 Å². The number of aryl methyl sites for hydroxylation is 1. The number of aliphatic hydroxyl groups is 3. The van der Waals surface area contributed by atoms with Crippen molar-refractivity contribution in [2.24, 2.45) is 5.92 Å². The summed E-state index contributed by atoms with van der Waals surface area (Å²) in [5.41, 5.74) is 1.32. The van der Waals surface area contributed by atoms with Gasteiger partial charge >= 0.3 is 0 Å². The second-order valence-electron chi connectivity index (χ2n) is 5.35. The molecular weight excluding hydrogens is 242 g/mol. The maximum absolute atomic E-state index is 9.76. The number of aliphatic hydroxyl groups excluding tert-OH is 3. The molecule has 0 aliphatic carbocycles. The average Bonchev–Trinajstić information content (AvgIpc) is 2.43. The van der Waals surface area contributed by atoms with E-state index in [0.29, 0.717) is 13.1 Å². The van der Waals surface area contributed by atoms with Crippen LogP contribution in [0.15, 0.2) is 30.3 Å². The molecule has 19 heavy (non-hydrogen) atoms. The molecule has 2 rings (SSSR count). The number of rotatable bonds is 5. The molecule has 4 nitrogen and oxygen atoms in total. The van der Waals surface area contributed by atoms with E-state index in [4.69, 9.17) is 0 Å². The van der Waals surface area contributed by atoms with Crippen LogP contribution in [0.3, 0.4) is 0 Å². The third kappa shape index (κ3) is 4.01. The maximum atomic E-state index is 9.76. The van der Waals surface area contributed by atoms with E-state index in [1.165, 1.54) is 5.56 Å². The fourth-order valence-electron chi connectivity index (χ4n) is 2.70. The van der Waals surface area contributed by atoms with Gasteiger partial charge < -0.3 is 20.2 Å². The number of nitrogens with zero attached hydrogens (tertiary/aromatic N) is 1. The Morgan fingerprint density at radius 3 is 2.53 bits per heavy atom. The van der Waals surface area contributed by atoms with Gasteiger partial charge in [-0.3, -0.25) is 0 Å².